The van der Waals surface area contributed by atoms with E-state index in [1.54, 1.807) is 19.2 Å². The third-order valence-electron chi connectivity index (χ3n) is 2.56. The van der Waals surface area contributed by atoms with Gasteiger partial charge in [-0.1, -0.05) is 13.0 Å². The molecule has 0 aliphatic rings. The first-order valence-corrected chi connectivity index (χ1v) is 5.81. The van der Waals surface area contributed by atoms with E-state index in [-0.39, 0.29) is 11.9 Å². The van der Waals surface area contributed by atoms with Gasteiger partial charge in [-0.15, -0.1) is 0 Å². The molecule has 17 heavy (non-hydrogen) atoms. The standard InChI is InChI=1S/C13H20FNO2/c1-4-7-17-9-13(15-2)11-6-5-10(16-3)8-12(11)14/h5-6,8,13,15H,4,7,9H2,1-3H3. The van der Waals surface area contributed by atoms with Crippen molar-refractivity contribution in [1.82, 2.24) is 5.32 Å². The van der Waals surface area contributed by atoms with Crippen molar-refractivity contribution in [2.24, 2.45) is 0 Å². The molecule has 0 saturated heterocycles. The van der Waals surface area contributed by atoms with Crippen molar-refractivity contribution in [1.29, 1.82) is 0 Å². The quantitative estimate of drug-likeness (QED) is 0.744. The van der Waals surface area contributed by atoms with Crippen LogP contribution in [-0.2, 0) is 4.74 Å². The second-order valence-electron chi connectivity index (χ2n) is 3.80. The molecule has 1 unspecified atom stereocenters. The first kappa shape index (κ1) is 13.9. The summed E-state index contributed by atoms with van der Waals surface area (Å²) in [6.07, 6.45) is 0.960. The van der Waals surface area contributed by atoms with E-state index in [0.717, 1.165) is 6.42 Å². The van der Waals surface area contributed by atoms with E-state index in [4.69, 9.17) is 9.47 Å². The van der Waals surface area contributed by atoms with Gasteiger partial charge in [-0.3, -0.25) is 0 Å². The molecule has 0 heterocycles. The Kier molecular flexibility index (Phi) is 5.94. The Bertz CT molecular complexity index is 344. The minimum Gasteiger partial charge on any atom is -0.497 e. The van der Waals surface area contributed by atoms with E-state index in [2.05, 4.69) is 5.32 Å². The van der Waals surface area contributed by atoms with Crippen LogP contribution >= 0.6 is 0 Å². The number of likely N-dealkylation sites (N-methyl/N-ethyl adjacent to an activating group) is 1. The third kappa shape index (κ3) is 3.98. The van der Waals surface area contributed by atoms with E-state index in [9.17, 15) is 4.39 Å². The van der Waals surface area contributed by atoms with Crippen LogP contribution in [-0.4, -0.2) is 27.4 Å². The lowest BCUT2D eigenvalue weighted by Gasteiger charge is -2.17. The number of rotatable bonds is 7. The lowest BCUT2D eigenvalue weighted by Crippen LogP contribution is -2.23. The fraction of sp³-hybridized carbons (Fsp3) is 0.538. The molecule has 0 saturated carbocycles. The van der Waals surface area contributed by atoms with Crippen LogP contribution in [0.25, 0.3) is 0 Å². The second-order valence-corrected chi connectivity index (χ2v) is 3.80. The SMILES string of the molecule is CCCOCC(NC)c1ccc(OC)cc1F. The fourth-order valence-electron chi connectivity index (χ4n) is 1.59. The van der Waals surface area contributed by atoms with Crippen LogP contribution in [0.15, 0.2) is 18.2 Å². The minimum atomic E-state index is -0.274. The Morgan fingerprint density at radius 2 is 2.18 bits per heavy atom. The van der Waals surface area contributed by atoms with Gasteiger partial charge < -0.3 is 14.8 Å². The van der Waals surface area contributed by atoms with Gasteiger partial charge in [0.05, 0.1) is 19.8 Å². The monoisotopic (exact) mass is 241 g/mol. The van der Waals surface area contributed by atoms with E-state index < -0.39 is 0 Å². The highest BCUT2D eigenvalue weighted by atomic mass is 19.1. The summed E-state index contributed by atoms with van der Waals surface area (Å²) in [5, 5.41) is 3.05. The van der Waals surface area contributed by atoms with Gasteiger partial charge in [-0.05, 0) is 19.5 Å². The Morgan fingerprint density at radius 1 is 1.41 bits per heavy atom. The number of hydrogen-bond acceptors (Lipinski definition) is 3. The van der Waals surface area contributed by atoms with Crippen molar-refractivity contribution < 1.29 is 13.9 Å². The smallest absolute Gasteiger partial charge is 0.131 e. The van der Waals surface area contributed by atoms with Crippen LogP contribution in [0, 0.1) is 5.82 Å². The van der Waals surface area contributed by atoms with Gasteiger partial charge in [0.25, 0.3) is 0 Å². The number of hydrogen-bond donors (Lipinski definition) is 1. The molecule has 0 fully saturated rings. The lowest BCUT2D eigenvalue weighted by molar-refractivity contribution is 0.113. The Labute approximate surface area is 102 Å². The number of ether oxygens (including phenoxy) is 2. The van der Waals surface area contributed by atoms with Crippen molar-refractivity contribution in [3.05, 3.63) is 29.6 Å². The molecule has 0 aromatic heterocycles. The molecule has 96 valence electrons. The molecular weight excluding hydrogens is 221 g/mol. The predicted octanol–water partition coefficient (Wildman–Crippen LogP) is 2.52. The first-order valence-electron chi connectivity index (χ1n) is 5.81. The van der Waals surface area contributed by atoms with Crippen molar-refractivity contribution >= 4 is 0 Å². The summed E-state index contributed by atoms with van der Waals surface area (Å²) in [7, 11) is 3.32. The predicted molar refractivity (Wildman–Crippen MR) is 65.9 cm³/mol. The molecule has 0 bridgehead atoms. The largest absolute Gasteiger partial charge is 0.497 e. The zero-order chi connectivity index (χ0) is 12.7. The molecule has 0 radical (unpaired) electrons. The van der Waals surface area contributed by atoms with E-state index >= 15 is 0 Å². The highest BCUT2D eigenvalue weighted by Crippen LogP contribution is 2.22. The van der Waals surface area contributed by atoms with Crippen molar-refractivity contribution in [3.63, 3.8) is 0 Å². The number of benzene rings is 1. The summed E-state index contributed by atoms with van der Waals surface area (Å²) in [5.74, 6) is 0.249. The molecule has 1 aromatic carbocycles. The van der Waals surface area contributed by atoms with Crippen LogP contribution in [0.1, 0.15) is 24.9 Å². The molecule has 0 aliphatic carbocycles. The maximum atomic E-state index is 13.8. The lowest BCUT2D eigenvalue weighted by atomic mass is 10.1. The molecule has 1 atom stereocenters. The molecule has 4 heteroatoms. The van der Waals surface area contributed by atoms with Gasteiger partial charge in [-0.2, -0.15) is 0 Å². The van der Waals surface area contributed by atoms with E-state index in [0.29, 0.717) is 24.5 Å². The van der Waals surface area contributed by atoms with Gasteiger partial charge in [0.2, 0.25) is 0 Å². The number of nitrogens with one attached hydrogen (secondary N) is 1. The molecule has 1 rings (SSSR count). The minimum absolute atomic E-state index is 0.132. The molecule has 0 spiro atoms. The van der Waals surface area contributed by atoms with Crippen LogP contribution in [0.5, 0.6) is 5.75 Å². The van der Waals surface area contributed by atoms with Crippen LogP contribution in [0.2, 0.25) is 0 Å². The van der Waals surface area contributed by atoms with E-state index in [1.165, 1.54) is 13.2 Å². The molecular formula is C13H20FNO2. The third-order valence-corrected chi connectivity index (χ3v) is 2.56. The first-order chi connectivity index (χ1) is 8.22. The summed E-state index contributed by atoms with van der Waals surface area (Å²) in [5.41, 5.74) is 0.601. The van der Waals surface area contributed by atoms with Gasteiger partial charge in [-0.25, -0.2) is 4.39 Å². The van der Waals surface area contributed by atoms with E-state index in [1.807, 2.05) is 6.92 Å². The highest BCUT2D eigenvalue weighted by molar-refractivity contribution is 5.30. The van der Waals surface area contributed by atoms with Crippen LogP contribution in [0.4, 0.5) is 4.39 Å². The van der Waals surface area contributed by atoms with Gasteiger partial charge in [0, 0.05) is 18.2 Å². The summed E-state index contributed by atoms with van der Waals surface area (Å²) in [6, 6.07) is 4.74. The van der Waals surface area contributed by atoms with Crippen LogP contribution in [0.3, 0.4) is 0 Å². The zero-order valence-electron chi connectivity index (χ0n) is 10.6. The molecule has 1 N–H and O–H groups in total. The van der Waals surface area contributed by atoms with Gasteiger partial charge in [0.1, 0.15) is 11.6 Å². The normalized spacial score (nSPS) is 12.5. The van der Waals surface area contributed by atoms with Gasteiger partial charge in [0.15, 0.2) is 0 Å². The Balaban J connectivity index is 2.73. The Morgan fingerprint density at radius 3 is 2.71 bits per heavy atom. The molecule has 0 amide bonds. The fourth-order valence-corrected chi connectivity index (χ4v) is 1.59. The average Bonchev–Trinajstić information content (AvgIpc) is 2.35. The average molecular weight is 241 g/mol. The Hall–Kier alpha value is -1.13. The second kappa shape index (κ2) is 7.25. The van der Waals surface area contributed by atoms with Gasteiger partial charge >= 0.3 is 0 Å². The topological polar surface area (TPSA) is 30.5 Å². The molecule has 3 nitrogen and oxygen atoms in total. The van der Waals surface area contributed by atoms with Crippen molar-refractivity contribution in [2.45, 2.75) is 19.4 Å². The summed E-state index contributed by atoms with van der Waals surface area (Å²) >= 11 is 0. The zero-order valence-corrected chi connectivity index (χ0v) is 10.6. The maximum absolute atomic E-state index is 13.8. The molecule has 1 aromatic rings. The maximum Gasteiger partial charge on any atom is 0.131 e. The molecule has 0 aliphatic heterocycles. The van der Waals surface area contributed by atoms with Crippen molar-refractivity contribution in [2.75, 3.05) is 27.4 Å². The summed E-state index contributed by atoms with van der Waals surface area (Å²) in [4.78, 5) is 0. The number of halogens is 1. The summed E-state index contributed by atoms with van der Waals surface area (Å²) in [6.45, 7) is 3.20. The summed E-state index contributed by atoms with van der Waals surface area (Å²) < 4.78 is 24.2. The highest BCUT2D eigenvalue weighted by Gasteiger charge is 2.14. The van der Waals surface area contributed by atoms with Crippen molar-refractivity contribution in [3.8, 4) is 5.75 Å². The number of methoxy groups -OCH3 is 1. The van der Waals surface area contributed by atoms with Crippen LogP contribution < -0.4 is 10.1 Å².